The standard InChI is InChI=1S/C14H17BrF3N5O/c1-5-23-6-9(8(3)20-23)7(2)19-13(24)11-10(15)12(14(16,17)18)21-22(11)4/h6-7H,5H2,1-4H3,(H,19,24). The van der Waals surface area contributed by atoms with Gasteiger partial charge in [-0.2, -0.15) is 23.4 Å². The summed E-state index contributed by atoms with van der Waals surface area (Å²) in [6.45, 7) is 6.18. The fraction of sp³-hybridized carbons (Fsp3) is 0.500. The zero-order chi connectivity index (χ0) is 18.2. The number of hydrogen-bond acceptors (Lipinski definition) is 3. The van der Waals surface area contributed by atoms with Crippen LogP contribution in [0.3, 0.4) is 0 Å². The quantitative estimate of drug-likeness (QED) is 0.845. The minimum atomic E-state index is -4.64. The molecule has 0 aliphatic rings. The first-order valence-electron chi connectivity index (χ1n) is 7.20. The molecule has 0 aliphatic carbocycles. The molecule has 0 radical (unpaired) electrons. The van der Waals surface area contributed by atoms with Crippen LogP contribution in [0.15, 0.2) is 10.7 Å². The Balaban J connectivity index is 2.27. The molecule has 24 heavy (non-hydrogen) atoms. The molecule has 0 fully saturated rings. The molecule has 0 bridgehead atoms. The minimum Gasteiger partial charge on any atom is -0.344 e. The highest BCUT2D eigenvalue weighted by Crippen LogP contribution is 2.35. The molecular formula is C14H17BrF3N5O. The van der Waals surface area contributed by atoms with Crippen molar-refractivity contribution < 1.29 is 18.0 Å². The molecule has 132 valence electrons. The second-order valence-electron chi connectivity index (χ2n) is 5.35. The lowest BCUT2D eigenvalue weighted by atomic mass is 10.1. The van der Waals surface area contributed by atoms with E-state index in [1.165, 1.54) is 7.05 Å². The van der Waals surface area contributed by atoms with Gasteiger partial charge in [0.2, 0.25) is 0 Å². The Morgan fingerprint density at radius 2 is 2.04 bits per heavy atom. The Labute approximate surface area is 145 Å². The number of carbonyl (C=O) groups is 1. The number of rotatable bonds is 4. The molecular weight excluding hydrogens is 391 g/mol. The summed E-state index contributed by atoms with van der Waals surface area (Å²) < 4.78 is 40.9. The zero-order valence-electron chi connectivity index (χ0n) is 13.6. The smallest absolute Gasteiger partial charge is 0.344 e. The van der Waals surface area contributed by atoms with Gasteiger partial charge in [0.15, 0.2) is 5.69 Å². The van der Waals surface area contributed by atoms with Gasteiger partial charge in [0, 0.05) is 25.4 Å². The maximum Gasteiger partial charge on any atom is 0.436 e. The van der Waals surface area contributed by atoms with Gasteiger partial charge in [-0.05, 0) is 36.7 Å². The highest BCUT2D eigenvalue weighted by atomic mass is 79.9. The van der Waals surface area contributed by atoms with Crippen LogP contribution in [0.1, 0.15) is 47.3 Å². The monoisotopic (exact) mass is 407 g/mol. The first-order valence-corrected chi connectivity index (χ1v) is 8.00. The number of halogens is 4. The Bertz CT molecular complexity index is 765. The lowest BCUT2D eigenvalue weighted by Gasteiger charge is -2.13. The van der Waals surface area contributed by atoms with Crippen LogP contribution in [0.4, 0.5) is 13.2 Å². The van der Waals surface area contributed by atoms with Crippen LogP contribution < -0.4 is 5.32 Å². The highest BCUT2D eigenvalue weighted by molar-refractivity contribution is 9.10. The molecule has 2 rings (SSSR count). The van der Waals surface area contributed by atoms with Gasteiger partial charge in [-0.1, -0.05) is 0 Å². The van der Waals surface area contributed by atoms with E-state index in [1.54, 1.807) is 17.8 Å². The van der Waals surface area contributed by atoms with Crippen molar-refractivity contribution in [3.05, 3.63) is 33.3 Å². The van der Waals surface area contributed by atoms with E-state index in [0.29, 0.717) is 6.54 Å². The largest absolute Gasteiger partial charge is 0.436 e. The van der Waals surface area contributed by atoms with E-state index < -0.39 is 23.8 Å². The predicted molar refractivity (Wildman–Crippen MR) is 84.4 cm³/mol. The van der Waals surface area contributed by atoms with Crippen LogP contribution in [0.2, 0.25) is 0 Å². The van der Waals surface area contributed by atoms with Crippen LogP contribution in [-0.4, -0.2) is 25.5 Å². The molecule has 6 nitrogen and oxygen atoms in total. The summed E-state index contributed by atoms with van der Waals surface area (Å²) in [7, 11) is 1.29. The summed E-state index contributed by atoms with van der Waals surface area (Å²) in [5.74, 6) is -0.650. The molecule has 0 saturated heterocycles. The fourth-order valence-corrected chi connectivity index (χ4v) is 3.13. The molecule has 0 aliphatic heterocycles. The van der Waals surface area contributed by atoms with Crippen LogP contribution in [0.5, 0.6) is 0 Å². The second kappa shape index (κ2) is 6.58. The Kier molecular flexibility index (Phi) is 5.07. The van der Waals surface area contributed by atoms with Gasteiger partial charge in [0.1, 0.15) is 5.69 Å². The molecule has 1 unspecified atom stereocenters. The lowest BCUT2D eigenvalue weighted by molar-refractivity contribution is -0.142. The molecule has 10 heteroatoms. The molecule has 2 aromatic heterocycles. The first-order chi connectivity index (χ1) is 11.1. The van der Waals surface area contributed by atoms with E-state index in [0.717, 1.165) is 15.9 Å². The molecule has 2 heterocycles. The zero-order valence-corrected chi connectivity index (χ0v) is 15.2. The minimum absolute atomic E-state index is 0.185. The summed E-state index contributed by atoms with van der Waals surface area (Å²) in [6, 6.07) is -0.408. The summed E-state index contributed by atoms with van der Waals surface area (Å²) in [6.07, 6.45) is -2.83. The third-order valence-corrected chi connectivity index (χ3v) is 4.35. The van der Waals surface area contributed by atoms with Crippen molar-refractivity contribution in [1.82, 2.24) is 24.9 Å². The molecule has 2 aromatic rings. The Hall–Kier alpha value is -1.84. The predicted octanol–water partition coefficient (Wildman–Crippen LogP) is 3.22. The van der Waals surface area contributed by atoms with Gasteiger partial charge in [-0.25, -0.2) is 0 Å². The molecule has 0 aromatic carbocycles. The van der Waals surface area contributed by atoms with Crippen LogP contribution in [-0.2, 0) is 19.8 Å². The molecule has 1 N–H and O–H groups in total. The summed E-state index contributed by atoms with van der Waals surface area (Å²) in [4.78, 5) is 12.4. The lowest BCUT2D eigenvalue weighted by Crippen LogP contribution is -2.29. The number of nitrogens with one attached hydrogen (secondary N) is 1. The van der Waals surface area contributed by atoms with E-state index in [9.17, 15) is 18.0 Å². The third kappa shape index (κ3) is 3.47. The van der Waals surface area contributed by atoms with Gasteiger partial charge in [-0.3, -0.25) is 14.2 Å². The van der Waals surface area contributed by atoms with E-state index in [4.69, 9.17) is 0 Å². The molecule has 1 atom stereocenters. The van der Waals surface area contributed by atoms with E-state index in [1.807, 2.05) is 13.8 Å². The number of aryl methyl sites for hydroxylation is 3. The summed E-state index contributed by atoms with van der Waals surface area (Å²) in [5.41, 5.74) is 0.247. The van der Waals surface area contributed by atoms with Gasteiger partial charge >= 0.3 is 6.18 Å². The number of amides is 1. The van der Waals surface area contributed by atoms with Gasteiger partial charge < -0.3 is 5.32 Å². The topological polar surface area (TPSA) is 64.7 Å². The van der Waals surface area contributed by atoms with Gasteiger partial charge in [0.25, 0.3) is 5.91 Å². The number of nitrogens with zero attached hydrogens (tertiary/aromatic N) is 4. The average Bonchev–Trinajstić information content (AvgIpc) is 2.98. The maximum absolute atomic E-state index is 12.9. The number of alkyl halides is 3. The number of hydrogen-bond donors (Lipinski definition) is 1. The highest BCUT2D eigenvalue weighted by Gasteiger charge is 2.39. The molecule has 0 spiro atoms. The average molecular weight is 408 g/mol. The fourth-order valence-electron chi connectivity index (χ4n) is 2.39. The molecule has 0 saturated carbocycles. The van der Waals surface area contributed by atoms with Crippen molar-refractivity contribution in [3.8, 4) is 0 Å². The Morgan fingerprint density at radius 3 is 2.50 bits per heavy atom. The van der Waals surface area contributed by atoms with Crippen LogP contribution >= 0.6 is 15.9 Å². The number of aromatic nitrogens is 4. The second-order valence-corrected chi connectivity index (χ2v) is 6.15. The number of carbonyl (C=O) groups excluding carboxylic acids is 1. The van der Waals surface area contributed by atoms with E-state index in [2.05, 4.69) is 31.4 Å². The maximum atomic E-state index is 12.9. The van der Waals surface area contributed by atoms with Crippen molar-refractivity contribution >= 4 is 21.8 Å². The third-order valence-electron chi connectivity index (χ3n) is 3.60. The normalized spacial score (nSPS) is 13.2. The van der Waals surface area contributed by atoms with Crippen molar-refractivity contribution in [2.24, 2.45) is 7.05 Å². The van der Waals surface area contributed by atoms with Crippen molar-refractivity contribution in [1.29, 1.82) is 0 Å². The Morgan fingerprint density at radius 1 is 1.42 bits per heavy atom. The van der Waals surface area contributed by atoms with Crippen molar-refractivity contribution in [2.45, 2.75) is 39.5 Å². The van der Waals surface area contributed by atoms with Gasteiger partial charge in [-0.15, -0.1) is 0 Å². The molecule has 1 amide bonds. The summed E-state index contributed by atoms with van der Waals surface area (Å²) >= 11 is 2.83. The van der Waals surface area contributed by atoms with Crippen molar-refractivity contribution in [2.75, 3.05) is 0 Å². The first kappa shape index (κ1) is 18.5. The van der Waals surface area contributed by atoms with E-state index in [-0.39, 0.29) is 10.2 Å². The summed E-state index contributed by atoms with van der Waals surface area (Å²) in [5, 5.41) is 10.4. The van der Waals surface area contributed by atoms with Crippen LogP contribution in [0, 0.1) is 6.92 Å². The van der Waals surface area contributed by atoms with E-state index >= 15 is 0 Å². The SMILES string of the molecule is CCn1cc(C(C)NC(=O)c2c(Br)c(C(F)(F)F)nn2C)c(C)n1. The van der Waals surface area contributed by atoms with Crippen molar-refractivity contribution in [3.63, 3.8) is 0 Å². The van der Waals surface area contributed by atoms with Crippen LogP contribution in [0.25, 0.3) is 0 Å². The van der Waals surface area contributed by atoms with Gasteiger partial charge in [0.05, 0.1) is 16.2 Å².